The molecule has 2 aromatic rings. The lowest BCUT2D eigenvalue weighted by Crippen LogP contribution is -2.19. The van der Waals surface area contributed by atoms with Crippen molar-refractivity contribution < 1.29 is 4.74 Å². The fourth-order valence-corrected chi connectivity index (χ4v) is 3.33. The molecule has 0 aliphatic heterocycles. The van der Waals surface area contributed by atoms with Crippen LogP contribution in [0.25, 0.3) is 0 Å². The van der Waals surface area contributed by atoms with Crippen LogP contribution in [0.3, 0.4) is 0 Å². The Balaban J connectivity index is 1.75. The lowest BCUT2D eigenvalue weighted by atomic mass is 10.1. The van der Waals surface area contributed by atoms with Crippen molar-refractivity contribution >= 4 is 17.3 Å². The minimum Gasteiger partial charge on any atom is -0.492 e. The zero-order chi connectivity index (χ0) is 17.5. The Morgan fingerprint density at radius 1 is 1.04 bits per heavy atom. The molecule has 1 aliphatic rings. The Morgan fingerprint density at radius 3 is 2.52 bits per heavy atom. The van der Waals surface area contributed by atoms with Crippen LogP contribution in [0.15, 0.2) is 30.3 Å². The van der Waals surface area contributed by atoms with Gasteiger partial charge in [-0.2, -0.15) is 0 Å². The van der Waals surface area contributed by atoms with Crippen molar-refractivity contribution in [1.82, 2.24) is 9.97 Å². The molecule has 1 aliphatic carbocycles. The maximum Gasteiger partial charge on any atom is 0.142 e. The molecule has 1 aromatic heterocycles. The molecule has 5 nitrogen and oxygen atoms in total. The highest BCUT2D eigenvalue weighted by molar-refractivity contribution is 5.65. The van der Waals surface area contributed by atoms with Crippen molar-refractivity contribution in [2.75, 3.05) is 17.2 Å². The Kier molecular flexibility index (Phi) is 6.09. The normalized spacial score (nSPS) is 15.4. The number of hydrogen-bond donors (Lipinski definition) is 2. The van der Waals surface area contributed by atoms with Crippen molar-refractivity contribution in [3.63, 3.8) is 0 Å². The molecule has 0 bridgehead atoms. The molecule has 1 heterocycles. The van der Waals surface area contributed by atoms with E-state index in [1.165, 1.54) is 38.5 Å². The highest BCUT2D eigenvalue weighted by Crippen LogP contribution is 2.28. The Labute approximate surface area is 150 Å². The molecule has 0 spiro atoms. The van der Waals surface area contributed by atoms with Gasteiger partial charge in [-0.05, 0) is 38.8 Å². The molecule has 25 heavy (non-hydrogen) atoms. The quantitative estimate of drug-likeness (QED) is 0.720. The number of hydrogen-bond acceptors (Lipinski definition) is 5. The van der Waals surface area contributed by atoms with Gasteiger partial charge >= 0.3 is 0 Å². The topological polar surface area (TPSA) is 59.1 Å². The summed E-state index contributed by atoms with van der Waals surface area (Å²) in [5.41, 5.74) is 0.919. The summed E-state index contributed by atoms with van der Waals surface area (Å²) in [6, 6.07) is 10.4. The van der Waals surface area contributed by atoms with Crippen LogP contribution in [0.4, 0.5) is 17.3 Å². The third-order valence-corrected chi connectivity index (χ3v) is 4.49. The van der Waals surface area contributed by atoms with Crippen molar-refractivity contribution in [2.45, 2.75) is 58.4 Å². The SMILES string of the molecule is CCOc1ccccc1Nc1cc(NC2CCCCCC2)nc(C)n1. The molecule has 0 unspecified atom stereocenters. The summed E-state index contributed by atoms with van der Waals surface area (Å²) in [5, 5.41) is 6.98. The van der Waals surface area contributed by atoms with Crippen LogP contribution in [0.5, 0.6) is 5.75 Å². The average molecular weight is 340 g/mol. The lowest BCUT2D eigenvalue weighted by molar-refractivity contribution is 0.342. The largest absolute Gasteiger partial charge is 0.492 e. The van der Waals surface area contributed by atoms with E-state index in [9.17, 15) is 0 Å². The van der Waals surface area contributed by atoms with E-state index in [0.29, 0.717) is 12.6 Å². The van der Waals surface area contributed by atoms with Crippen LogP contribution in [0.1, 0.15) is 51.3 Å². The zero-order valence-electron chi connectivity index (χ0n) is 15.2. The molecule has 134 valence electrons. The number of ether oxygens (including phenoxy) is 1. The number of benzene rings is 1. The second kappa shape index (κ2) is 8.70. The first-order valence-corrected chi connectivity index (χ1v) is 9.35. The molecule has 0 radical (unpaired) electrons. The third-order valence-electron chi connectivity index (χ3n) is 4.49. The van der Waals surface area contributed by atoms with Gasteiger partial charge in [0.05, 0.1) is 12.3 Å². The Hall–Kier alpha value is -2.30. The molecule has 5 heteroatoms. The summed E-state index contributed by atoms with van der Waals surface area (Å²) in [4.78, 5) is 9.09. The van der Waals surface area contributed by atoms with Crippen molar-refractivity contribution in [1.29, 1.82) is 0 Å². The van der Waals surface area contributed by atoms with Gasteiger partial charge in [0.2, 0.25) is 0 Å². The molecule has 3 rings (SSSR count). The van der Waals surface area contributed by atoms with Crippen LogP contribution in [-0.2, 0) is 0 Å². The Morgan fingerprint density at radius 2 is 1.76 bits per heavy atom. The summed E-state index contributed by atoms with van der Waals surface area (Å²) >= 11 is 0. The lowest BCUT2D eigenvalue weighted by Gasteiger charge is -2.18. The van der Waals surface area contributed by atoms with Gasteiger partial charge < -0.3 is 15.4 Å². The maximum absolute atomic E-state index is 5.68. The second-order valence-electron chi connectivity index (χ2n) is 6.57. The van der Waals surface area contributed by atoms with Gasteiger partial charge in [0.15, 0.2) is 0 Å². The van der Waals surface area contributed by atoms with Crippen molar-refractivity contribution in [2.24, 2.45) is 0 Å². The van der Waals surface area contributed by atoms with Crippen LogP contribution < -0.4 is 15.4 Å². The van der Waals surface area contributed by atoms with Crippen LogP contribution in [0.2, 0.25) is 0 Å². The summed E-state index contributed by atoms with van der Waals surface area (Å²) in [6.07, 6.45) is 7.74. The number of aromatic nitrogens is 2. The summed E-state index contributed by atoms with van der Waals surface area (Å²) in [6.45, 7) is 4.55. The molecule has 0 saturated heterocycles. The van der Waals surface area contributed by atoms with Gasteiger partial charge in [0, 0.05) is 12.1 Å². The van der Waals surface area contributed by atoms with Gasteiger partial charge in [-0.25, -0.2) is 9.97 Å². The zero-order valence-corrected chi connectivity index (χ0v) is 15.2. The van der Waals surface area contributed by atoms with E-state index in [1.807, 2.05) is 44.2 Å². The van der Waals surface area contributed by atoms with E-state index in [0.717, 1.165) is 28.9 Å². The summed E-state index contributed by atoms with van der Waals surface area (Å²) < 4.78 is 5.68. The van der Waals surface area contributed by atoms with Gasteiger partial charge in [-0.1, -0.05) is 37.8 Å². The third kappa shape index (κ3) is 5.08. The smallest absolute Gasteiger partial charge is 0.142 e. The van der Waals surface area contributed by atoms with E-state index in [1.54, 1.807) is 0 Å². The molecule has 1 fully saturated rings. The van der Waals surface area contributed by atoms with E-state index >= 15 is 0 Å². The average Bonchev–Trinajstić information content (AvgIpc) is 2.85. The maximum atomic E-state index is 5.68. The van der Waals surface area contributed by atoms with Crippen molar-refractivity contribution in [3.8, 4) is 5.75 Å². The van der Waals surface area contributed by atoms with E-state index < -0.39 is 0 Å². The molecular weight excluding hydrogens is 312 g/mol. The number of rotatable bonds is 6. The van der Waals surface area contributed by atoms with E-state index in [-0.39, 0.29) is 0 Å². The standard InChI is InChI=1S/C20H28N4O/c1-3-25-18-13-9-8-12-17(18)24-20-14-19(21-15(2)22-20)23-16-10-6-4-5-7-11-16/h8-9,12-14,16H,3-7,10-11H2,1-2H3,(H2,21,22,23,24). The predicted octanol–water partition coefficient (Wildman–Crippen LogP) is 5.06. The molecular formula is C20H28N4O. The number of para-hydroxylation sites is 2. The Bertz CT molecular complexity index is 681. The molecule has 1 saturated carbocycles. The number of anilines is 3. The van der Waals surface area contributed by atoms with Crippen LogP contribution >= 0.6 is 0 Å². The summed E-state index contributed by atoms with van der Waals surface area (Å²) in [5.74, 6) is 3.28. The fourth-order valence-electron chi connectivity index (χ4n) is 3.33. The first-order valence-electron chi connectivity index (χ1n) is 9.35. The minimum absolute atomic E-state index is 0.514. The first kappa shape index (κ1) is 17.5. The van der Waals surface area contributed by atoms with Gasteiger partial charge in [-0.3, -0.25) is 0 Å². The monoisotopic (exact) mass is 340 g/mol. The fraction of sp³-hybridized carbons (Fsp3) is 0.500. The molecule has 0 amide bonds. The van der Waals surface area contributed by atoms with Gasteiger partial charge in [-0.15, -0.1) is 0 Å². The van der Waals surface area contributed by atoms with E-state index in [4.69, 9.17) is 4.74 Å². The number of nitrogens with zero attached hydrogens (tertiary/aromatic N) is 2. The van der Waals surface area contributed by atoms with Gasteiger partial charge in [0.1, 0.15) is 23.2 Å². The molecule has 0 atom stereocenters. The first-order chi connectivity index (χ1) is 12.2. The van der Waals surface area contributed by atoms with Crippen molar-refractivity contribution in [3.05, 3.63) is 36.2 Å². The highest BCUT2D eigenvalue weighted by Gasteiger charge is 2.13. The highest BCUT2D eigenvalue weighted by atomic mass is 16.5. The molecule has 2 N–H and O–H groups in total. The minimum atomic E-state index is 0.514. The van der Waals surface area contributed by atoms with Crippen LogP contribution in [0, 0.1) is 6.92 Å². The van der Waals surface area contributed by atoms with E-state index in [2.05, 4.69) is 20.6 Å². The summed E-state index contributed by atoms with van der Waals surface area (Å²) in [7, 11) is 0. The van der Waals surface area contributed by atoms with Crippen LogP contribution in [-0.4, -0.2) is 22.6 Å². The predicted molar refractivity (Wildman–Crippen MR) is 103 cm³/mol. The second-order valence-corrected chi connectivity index (χ2v) is 6.57. The number of nitrogens with one attached hydrogen (secondary N) is 2. The molecule has 1 aromatic carbocycles. The number of aryl methyl sites for hydroxylation is 1. The van der Waals surface area contributed by atoms with Gasteiger partial charge in [0.25, 0.3) is 0 Å².